The summed E-state index contributed by atoms with van der Waals surface area (Å²) in [6, 6.07) is 23.8. The minimum Gasteiger partial charge on any atom is -0.261 e. The van der Waals surface area contributed by atoms with Crippen molar-refractivity contribution in [2.45, 2.75) is 13.8 Å². The zero-order valence-corrected chi connectivity index (χ0v) is 15.7. The van der Waals surface area contributed by atoms with E-state index >= 15 is 0 Å². The molecule has 2 N–H and O–H groups in total. The lowest BCUT2D eigenvalue weighted by atomic mass is 10.2. The highest BCUT2D eigenvalue weighted by Gasteiger charge is 2.01. The monoisotopic (exact) mass is 368 g/mol. The lowest BCUT2D eigenvalue weighted by molar-refractivity contribution is 1.24. The van der Waals surface area contributed by atoms with Crippen LogP contribution in [0.4, 0.5) is 11.6 Å². The van der Waals surface area contributed by atoms with Gasteiger partial charge in [0.1, 0.15) is 11.6 Å². The first-order valence-corrected chi connectivity index (χ1v) is 9.01. The van der Waals surface area contributed by atoms with E-state index in [2.05, 4.69) is 31.0 Å². The summed E-state index contributed by atoms with van der Waals surface area (Å²) in [6.07, 6.45) is 0. The summed E-state index contributed by atoms with van der Waals surface area (Å²) in [5.41, 5.74) is 9.34. The van der Waals surface area contributed by atoms with Gasteiger partial charge in [-0.1, -0.05) is 36.4 Å². The highest BCUT2D eigenvalue weighted by Crippen LogP contribution is 2.15. The molecule has 2 heterocycles. The largest absolute Gasteiger partial charge is 0.261 e. The first-order valence-electron chi connectivity index (χ1n) is 9.01. The zero-order chi connectivity index (χ0) is 19.3. The minimum absolute atomic E-state index is 0.690. The van der Waals surface area contributed by atoms with E-state index in [9.17, 15) is 0 Å². The van der Waals surface area contributed by atoms with Gasteiger partial charge in [0.25, 0.3) is 0 Å². The Kier molecular flexibility index (Phi) is 4.93. The van der Waals surface area contributed by atoms with Crippen LogP contribution < -0.4 is 10.9 Å². The van der Waals surface area contributed by atoms with Crippen molar-refractivity contribution in [1.29, 1.82) is 0 Å². The summed E-state index contributed by atoms with van der Waals surface area (Å²) in [7, 11) is 0. The van der Waals surface area contributed by atoms with Crippen LogP contribution in [0, 0.1) is 0 Å². The Labute approximate surface area is 163 Å². The fourth-order valence-electron chi connectivity index (χ4n) is 2.70. The molecule has 0 fully saturated rings. The van der Waals surface area contributed by atoms with E-state index in [1.54, 1.807) is 0 Å². The molecule has 2 aromatic heterocycles. The number of anilines is 2. The van der Waals surface area contributed by atoms with Crippen molar-refractivity contribution in [3.8, 4) is 0 Å². The molecule has 0 saturated carbocycles. The summed E-state index contributed by atoms with van der Waals surface area (Å²) in [5.74, 6) is 1.38. The van der Waals surface area contributed by atoms with Crippen molar-refractivity contribution in [2.75, 3.05) is 10.9 Å². The maximum absolute atomic E-state index is 4.55. The first kappa shape index (κ1) is 17.6. The predicted molar refractivity (Wildman–Crippen MR) is 117 cm³/mol. The van der Waals surface area contributed by atoms with Crippen molar-refractivity contribution in [3.63, 3.8) is 0 Å². The van der Waals surface area contributed by atoms with Crippen LogP contribution in [0.25, 0.3) is 21.8 Å². The third-order valence-electron chi connectivity index (χ3n) is 4.40. The molecular weight excluding hydrogens is 348 g/mol. The molecule has 0 saturated heterocycles. The minimum atomic E-state index is 0.690. The van der Waals surface area contributed by atoms with Gasteiger partial charge < -0.3 is 0 Å². The smallest absolute Gasteiger partial charge is 0.146 e. The van der Waals surface area contributed by atoms with Gasteiger partial charge in [-0.3, -0.25) is 10.9 Å². The van der Waals surface area contributed by atoms with E-state index in [-0.39, 0.29) is 0 Å². The number of hydrogen-bond donors (Lipinski definition) is 2. The second kappa shape index (κ2) is 7.84. The molecule has 138 valence electrons. The molecule has 0 radical (unpaired) electrons. The predicted octanol–water partition coefficient (Wildman–Crippen LogP) is 5.06. The Balaban J connectivity index is 1.45. The average Bonchev–Trinajstić information content (AvgIpc) is 2.75. The van der Waals surface area contributed by atoms with E-state index < -0.39 is 0 Å². The lowest BCUT2D eigenvalue weighted by Gasteiger charge is -2.05. The van der Waals surface area contributed by atoms with Crippen molar-refractivity contribution in [3.05, 3.63) is 72.8 Å². The molecule has 0 aliphatic rings. The standard InChI is InChI=1S/C22H20N6/c1-15(25-27-21-13-11-17-7-3-5-9-19(17)23-21)16(2)26-28-22-14-12-18-8-4-6-10-20(18)24-22/h3-14H,1-2H3,(H,23,27)(H,24,28)/b25-15+,26-16+. The highest BCUT2D eigenvalue weighted by atomic mass is 15.3. The second-order valence-electron chi connectivity index (χ2n) is 6.40. The number of nitrogens with zero attached hydrogens (tertiary/aromatic N) is 4. The molecule has 0 unspecified atom stereocenters. The number of nitrogens with one attached hydrogen (secondary N) is 2. The Bertz CT molecular complexity index is 1100. The van der Waals surface area contributed by atoms with Gasteiger partial charge in [-0.25, -0.2) is 9.97 Å². The molecule has 0 atom stereocenters. The quantitative estimate of drug-likeness (QED) is 0.381. The Morgan fingerprint density at radius 1 is 0.607 bits per heavy atom. The van der Waals surface area contributed by atoms with Crippen molar-refractivity contribution >= 4 is 44.9 Å². The van der Waals surface area contributed by atoms with Gasteiger partial charge in [0.15, 0.2) is 0 Å². The van der Waals surface area contributed by atoms with Crippen molar-refractivity contribution < 1.29 is 0 Å². The number of fused-ring (bicyclic) bond motifs is 2. The van der Waals surface area contributed by atoms with Gasteiger partial charge in [0.2, 0.25) is 0 Å². The maximum Gasteiger partial charge on any atom is 0.146 e. The zero-order valence-electron chi connectivity index (χ0n) is 15.7. The van der Waals surface area contributed by atoms with Gasteiger partial charge in [0.05, 0.1) is 22.5 Å². The number of pyridine rings is 2. The van der Waals surface area contributed by atoms with Crippen LogP contribution in [0.1, 0.15) is 13.8 Å². The van der Waals surface area contributed by atoms with Crippen molar-refractivity contribution in [2.24, 2.45) is 10.2 Å². The molecular formula is C22H20N6. The fourth-order valence-corrected chi connectivity index (χ4v) is 2.70. The molecule has 0 aliphatic heterocycles. The number of hydrazone groups is 2. The summed E-state index contributed by atoms with van der Waals surface area (Å²) in [5, 5.41) is 10.9. The SMILES string of the molecule is CC(=N\Nc1ccc2ccccc2n1)/C(C)=N/Nc1ccc2ccccc2n1. The van der Waals surface area contributed by atoms with E-state index in [4.69, 9.17) is 0 Å². The van der Waals surface area contributed by atoms with Crippen LogP contribution in [0.15, 0.2) is 83.0 Å². The first-order chi connectivity index (χ1) is 13.7. The summed E-state index contributed by atoms with van der Waals surface area (Å²) in [4.78, 5) is 9.09. The maximum atomic E-state index is 4.55. The number of rotatable bonds is 5. The number of aromatic nitrogens is 2. The lowest BCUT2D eigenvalue weighted by Crippen LogP contribution is -2.11. The molecule has 2 aromatic carbocycles. The van der Waals surface area contributed by atoms with Crippen LogP contribution in [0.3, 0.4) is 0 Å². The fraction of sp³-hybridized carbons (Fsp3) is 0.0909. The number of benzene rings is 2. The molecule has 0 aliphatic carbocycles. The van der Waals surface area contributed by atoms with Gasteiger partial charge in [-0.15, -0.1) is 0 Å². The molecule has 0 spiro atoms. The molecule has 0 bridgehead atoms. The van der Waals surface area contributed by atoms with E-state index in [0.29, 0.717) is 11.6 Å². The van der Waals surface area contributed by atoms with Gasteiger partial charge in [0, 0.05) is 10.8 Å². The van der Waals surface area contributed by atoms with E-state index in [1.165, 1.54) is 0 Å². The number of hydrogen-bond acceptors (Lipinski definition) is 6. The third-order valence-corrected chi connectivity index (χ3v) is 4.40. The Hall–Kier alpha value is -3.80. The Morgan fingerprint density at radius 2 is 1.04 bits per heavy atom. The average molecular weight is 368 g/mol. The molecule has 4 rings (SSSR count). The highest BCUT2D eigenvalue weighted by molar-refractivity contribution is 6.40. The summed E-state index contributed by atoms with van der Waals surface area (Å²) in [6.45, 7) is 3.78. The summed E-state index contributed by atoms with van der Waals surface area (Å²) < 4.78 is 0. The van der Waals surface area contributed by atoms with Crippen LogP contribution in [-0.2, 0) is 0 Å². The second-order valence-corrected chi connectivity index (χ2v) is 6.40. The Morgan fingerprint density at radius 3 is 1.50 bits per heavy atom. The number of para-hydroxylation sites is 2. The van der Waals surface area contributed by atoms with E-state index in [1.807, 2.05) is 86.6 Å². The van der Waals surface area contributed by atoms with Crippen LogP contribution >= 0.6 is 0 Å². The van der Waals surface area contributed by atoms with Crippen LogP contribution in [0.2, 0.25) is 0 Å². The topological polar surface area (TPSA) is 74.6 Å². The van der Waals surface area contributed by atoms with Gasteiger partial charge in [-0.05, 0) is 50.2 Å². The summed E-state index contributed by atoms with van der Waals surface area (Å²) >= 11 is 0. The molecule has 4 aromatic rings. The van der Waals surface area contributed by atoms with Crippen LogP contribution in [0.5, 0.6) is 0 Å². The molecule has 28 heavy (non-hydrogen) atoms. The van der Waals surface area contributed by atoms with E-state index in [0.717, 1.165) is 33.2 Å². The third kappa shape index (κ3) is 3.96. The normalized spacial score (nSPS) is 12.4. The van der Waals surface area contributed by atoms with Crippen molar-refractivity contribution in [1.82, 2.24) is 9.97 Å². The van der Waals surface area contributed by atoms with Crippen LogP contribution in [-0.4, -0.2) is 21.4 Å². The molecule has 6 nitrogen and oxygen atoms in total. The van der Waals surface area contributed by atoms with Gasteiger partial charge >= 0.3 is 0 Å². The molecule has 0 amide bonds. The van der Waals surface area contributed by atoms with Gasteiger partial charge in [-0.2, -0.15) is 10.2 Å². The molecule has 6 heteroatoms.